The molecule has 1 heterocycles. The second kappa shape index (κ2) is 7.56. The second-order valence-electron chi connectivity index (χ2n) is 5.24. The van der Waals surface area contributed by atoms with E-state index in [0.29, 0.717) is 16.3 Å². The number of ether oxygens (including phenoxy) is 1. The van der Waals surface area contributed by atoms with E-state index in [1.165, 1.54) is 18.3 Å². The molecule has 25 heavy (non-hydrogen) atoms. The summed E-state index contributed by atoms with van der Waals surface area (Å²) < 4.78 is 5.00. The van der Waals surface area contributed by atoms with E-state index in [0.717, 1.165) is 16.8 Å². The van der Waals surface area contributed by atoms with Crippen molar-refractivity contribution >= 4 is 29.0 Å². The van der Waals surface area contributed by atoms with Crippen molar-refractivity contribution in [2.45, 2.75) is 6.92 Å². The molecule has 0 amide bonds. The summed E-state index contributed by atoms with van der Waals surface area (Å²) in [6, 6.07) is 19.0. The van der Waals surface area contributed by atoms with Gasteiger partial charge in [0.15, 0.2) is 0 Å². The molecule has 3 aromatic rings. The van der Waals surface area contributed by atoms with Gasteiger partial charge in [0, 0.05) is 17.9 Å². The van der Waals surface area contributed by atoms with Crippen LogP contribution in [0.5, 0.6) is 5.75 Å². The molecule has 0 aliphatic heterocycles. The smallest absolute Gasteiger partial charge is 0.308 e. The minimum absolute atomic E-state index is 0.364. The number of thiazole rings is 1. The van der Waals surface area contributed by atoms with Crippen molar-refractivity contribution in [1.29, 1.82) is 5.26 Å². The monoisotopic (exact) mass is 346 g/mol. The standard InChI is InChI=1S/C20H14N2O2S/c1-14(23)24-18-9-7-15(8-10-18)11-17(12-21)20-22-19(13-25-20)16-5-3-2-4-6-16/h2-11,13H,1H3. The summed E-state index contributed by atoms with van der Waals surface area (Å²) in [4.78, 5) is 15.5. The Kier molecular flexibility index (Phi) is 5.03. The third kappa shape index (κ3) is 4.19. The van der Waals surface area contributed by atoms with Crippen molar-refractivity contribution < 1.29 is 9.53 Å². The second-order valence-corrected chi connectivity index (χ2v) is 6.09. The van der Waals surface area contributed by atoms with Gasteiger partial charge in [-0.05, 0) is 23.8 Å². The zero-order chi connectivity index (χ0) is 17.6. The van der Waals surface area contributed by atoms with Crippen molar-refractivity contribution in [3.8, 4) is 23.1 Å². The molecular formula is C20H14N2O2S. The Morgan fingerprint density at radius 3 is 2.52 bits per heavy atom. The predicted octanol–water partition coefficient (Wildman–Crippen LogP) is 4.80. The zero-order valence-electron chi connectivity index (χ0n) is 13.5. The average Bonchev–Trinajstić information content (AvgIpc) is 3.11. The Morgan fingerprint density at radius 2 is 1.88 bits per heavy atom. The van der Waals surface area contributed by atoms with Gasteiger partial charge >= 0.3 is 5.97 Å². The van der Waals surface area contributed by atoms with E-state index in [9.17, 15) is 10.1 Å². The molecule has 0 radical (unpaired) electrons. The Labute approximate surface area is 149 Å². The van der Waals surface area contributed by atoms with Gasteiger partial charge in [0.05, 0.1) is 11.3 Å². The molecule has 2 aromatic carbocycles. The van der Waals surface area contributed by atoms with Crippen molar-refractivity contribution in [3.63, 3.8) is 0 Å². The van der Waals surface area contributed by atoms with E-state index in [-0.39, 0.29) is 5.97 Å². The fraction of sp³-hybridized carbons (Fsp3) is 0.0500. The third-order valence-corrected chi connectivity index (χ3v) is 4.25. The number of carbonyl (C=O) groups excluding carboxylic acids is 1. The summed E-state index contributed by atoms with van der Waals surface area (Å²) in [5.74, 6) is 0.112. The highest BCUT2D eigenvalue weighted by atomic mass is 32.1. The van der Waals surface area contributed by atoms with Crippen LogP contribution in [0.2, 0.25) is 0 Å². The number of esters is 1. The lowest BCUT2D eigenvalue weighted by Crippen LogP contribution is -2.00. The van der Waals surface area contributed by atoms with Gasteiger partial charge in [0.2, 0.25) is 0 Å². The van der Waals surface area contributed by atoms with Gasteiger partial charge in [-0.3, -0.25) is 4.79 Å². The van der Waals surface area contributed by atoms with Crippen molar-refractivity contribution in [3.05, 3.63) is 70.5 Å². The lowest BCUT2D eigenvalue weighted by atomic mass is 10.1. The normalized spacial score (nSPS) is 11.0. The molecule has 0 saturated carbocycles. The predicted molar refractivity (Wildman–Crippen MR) is 98.8 cm³/mol. The minimum atomic E-state index is -0.364. The first kappa shape index (κ1) is 16.6. The van der Waals surface area contributed by atoms with Crippen LogP contribution in [-0.2, 0) is 4.79 Å². The van der Waals surface area contributed by atoms with Crippen LogP contribution in [0.3, 0.4) is 0 Å². The van der Waals surface area contributed by atoms with Crippen LogP contribution in [0, 0.1) is 11.3 Å². The average molecular weight is 346 g/mol. The zero-order valence-corrected chi connectivity index (χ0v) is 14.3. The van der Waals surface area contributed by atoms with Gasteiger partial charge in [-0.25, -0.2) is 4.98 Å². The largest absolute Gasteiger partial charge is 0.427 e. The number of hydrogen-bond acceptors (Lipinski definition) is 5. The first-order valence-electron chi connectivity index (χ1n) is 7.57. The molecule has 0 fully saturated rings. The number of nitriles is 1. The summed E-state index contributed by atoms with van der Waals surface area (Å²) in [6.45, 7) is 1.36. The first-order valence-corrected chi connectivity index (χ1v) is 8.45. The molecule has 0 N–H and O–H groups in total. The van der Waals surface area contributed by atoms with Crippen LogP contribution in [0.1, 0.15) is 17.5 Å². The highest BCUT2D eigenvalue weighted by Gasteiger charge is 2.09. The van der Waals surface area contributed by atoms with E-state index in [1.807, 2.05) is 35.7 Å². The lowest BCUT2D eigenvalue weighted by molar-refractivity contribution is -0.131. The maximum absolute atomic E-state index is 10.9. The van der Waals surface area contributed by atoms with Gasteiger partial charge in [-0.1, -0.05) is 42.5 Å². The lowest BCUT2D eigenvalue weighted by Gasteiger charge is -2.01. The topological polar surface area (TPSA) is 63.0 Å². The molecule has 0 aliphatic rings. The maximum atomic E-state index is 10.9. The van der Waals surface area contributed by atoms with Crippen LogP contribution in [-0.4, -0.2) is 11.0 Å². The van der Waals surface area contributed by atoms with Gasteiger partial charge < -0.3 is 4.74 Å². The summed E-state index contributed by atoms with van der Waals surface area (Å²) in [5, 5.41) is 12.1. The van der Waals surface area contributed by atoms with Crippen molar-refractivity contribution in [2.75, 3.05) is 0 Å². The molecule has 1 aromatic heterocycles. The van der Waals surface area contributed by atoms with Gasteiger partial charge in [0.25, 0.3) is 0 Å². The fourth-order valence-corrected chi connectivity index (χ4v) is 3.04. The van der Waals surface area contributed by atoms with E-state index in [4.69, 9.17) is 4.74 Å². The van der Waals surface area contributed by atoms with Crippen LogP contribution < -0.4 is 4.74 Å². The van der Waals surface area contributed by atoms with Gasteiger partial charge in [0.1, 0.15) is 16.8 Å². The summed E-state index contributed by atoms with van der Waals surface area (Å²) in [7, 11) is 0. The van der Waals surface area contributed by atoms with Gasteiger partial charge in [-0.2, -0.15) is 5.26 Å². The van der Waals surface area contributed by atoms with E-state index < -0.39 is 0 Å². The summed E-state index contributed by atoms with van der Waals surface area (Å²) in [6.07, 6.45) is 1.77. The summed E-state index contributed by atoms with van der Waals surface area (Å²) >= 11 is 1.44. The number of allylic oxidation sites excluding steroid dienone is 1. The molecular weight excluding hydrogens is 332 g/mol. The quantitative estimate of drug-likeness (QED) is 0.387. The maximum Gasteiger partial charge on any atom is 0.308 e. The molecule has 122 valence electrons. The molecule has 0 aliphatic carbocycles. The highest BCUT2D eigenvalue weighted by Crippen LogP contribution is 2.27. The molecule has 5 heteroatoms. The number of rotatable bonds is 4. The Bertz CT molecular complexity index is 951. The fourth-order valence-electron chi connectivity index (χ4n) is 2.25. The molecule has 0 atom stereocenters. The Balaban J connectivity index is 1.85. The van der Waals surface area contributed by atoms with Crippen LogP contribution in [0.15, 0.2) is 60.0 Å². The molecule has 0 bridgehead atoms. The molecule has 0 saturated heterocycles. The highest BCUT2D eigenvalue weighted by molar-refractivity contribution is 7.11. The Hall–Kier alpha value is -3.23. The minimum Gasteiger partial charge on any atom is -0.427 e. The molecule has 4 nitrogen and oxygen atoms in total. The van der Waals surface area contributed by atoms with Crippen molar-refractivity contribution in [1.82, 2.24) is 4.98 Å². The number of nitrogens with zero attached hydrogens (tertiary/aromatic N) is 2. The molecule has 0 unspecified atom stereocenters. The van der Waals surface area contributed by atoms with E-state index in [2.05, 4.69) is 11.1 Å². The van der Waals surface area contributed by atoms with Crippen LogP contribution in [0.25, 0.3) is 22.9 Å². The number of carbonyl (C=O) groups is 1. The van der Waals surface area contributed by atoms with Crippen LogP contribution >= 0.6 is 11.3 Å². The number of aromatic nitrogens is 1. The number of hydrogen-bond donors (Lipinski definition) is 0. The summed E-state index contributed by atoms with van der Waals surface area (Å²) in [5.41, 5.74) is 3.20. The Morgan fingerprint density at radius 1 is 1.16 bits per heavy atom. The SMILES string of the molecule is CC(=O)Oc1ccc(C=C(C#N)c2nc(-c3ccccc3)cs2)cc1. The van der Waals surface area contributed by atoms with Crippen molar-refractivity contribution in [2.24, 2.45) is 0 Å². The third-order valence-electron chi connectivity index (χ3n) is 3.38. The van der Waals surface area contributed by atoms with Gasteiger partial charge in [-0.15, -0.1) is 11.3 Å². The molecule has 0 spiro atoms. The first-order chi connectivity index (χ1) is 12.2. The number of benzene rings is 2. The van der Waals surface area contributed by atoms with E-state index in [1.54, 1.807) is 30.3 Å². The van der Waals surface area contributed by atoms with E-state index >= 15 is 0 Å². The molecule has 3 rings (SSSR count). The van der Waals surface area contributed by atoms with Crippen LogP contribution in [0.4, 0.5) is 0 Å².